The molecule has 1 unspecified atom stereocenters. The van der Waals surface area contributed by atoms with Crippen LogP contribution in [0.25, 0.3) is 0 Å². The van der Waals surface area contributed by atoms with Gasteiger partial charge in [0.1, 0.15) is 16.7 Å². The summed E-state index contributed by atoms with van der Waals surface area (Å²) >= 11 is 5.05. The SMILES string of the molecule is CC(Nc1cc(Br)ncn1)c1cccs1. The molecule has 0 aliphatic rings. The Morgan fingerprint density at radius 1 is 1.47 bits per heavy atom. The van der Waals surface area contributed by atoms with E-state index >= 15 is 0 Å². The Balaban J connectivity index is 2.09. The van der Waals surface area contributed by atoms with E-state index < -0.39 is 0 Å². The predicted octanol–water partition coefficient (Wildman–Crippen LogP) is 3.47. The van der Waals surface area contributed by atoms with E-state index in [1.54, 1.807) is 11.3 Å². The van der Waals surface area contributed by atoms with Crippen molar-refractivity contribution in [1.29, 1.82) is 0 Å². The average Bonchev–Trinajstić information content (AvgIpc) is 2.70. The zero-order valence-corrected chi connectivity index (χ0v) is 10.5. The van der Waals surface area contributed by atoms with Gasteiger partial charge in [0.25, 0.3) is 0 Å². The van der Waals surface area contributed by atoms with Crippen LogP contribution in [0.4, 0.5) is 5.82 Å². The van der Waals surface area contributed by atoms with Crippen molar-refractivity contribution >= 4 is 33.1 Å². The fourth-order valence-electron chi connectivity index (χ4n) is 1.24. The normalized spacial score (nSPS) is 12.4. The standard InChI is InChI=1S/C10H10BrN3S/c1-7(8-3-2-4-15-8)14-10-5-9(11)12-6-13-10/h2-7H,1H3,(H,12,13,14). The summed E-state index contributed by atoms with van der Waals surface area (Å²) in [5.74, 6) is 0.831. The van der Waals surface area contributed by atoms with Gasteiger partial charge in [-0.25, -0.2) is 9.97 Å². The molecule has 1 atom stereocenters. The van der Waals surface area contributed by atoms with E-state index in [-0.39, 0.29) is 6.04 Å². The number of hydrogen-bond acceptors (Lipinski definition) is 4. The summed E-state index contributed by atoms with van der Waals surface area (Å²) in [6.45, 7) is 2.11. The monoisotopic (exact) mass is 283 g/mol. The number of hydrogen-bond donors (Lipinski definition) is 1. The highest BCUT2D eigenvalue weighted by atomic mass is 79.9. The molecule has 0 spiro atoms. The molecule has 0 aliphatic carbocycles. The van der Waals surface area contributed by atoms with E-state index in [2.05, 4.69) is 49.6 Å². The van der Waals surface area contributed by atoms with Gasteiger partial charge in [-0.1, -0.05) is 6.07 Å². The maximum atomic E-state index is 4.14. The quantitative estimate of drug-likeness (QED) is 0.877. The van der Waals surface area contributed by atoms with Crippen LogP contribution in [0.3, 0.4) is 0 Å². The first kappa shape index (κ1) is 10.6. The van der Waals surface area contributed by atoms with Crippen LogP contribution in [0.15, 0.2) is 34.5 Å². The van der Waals surface area contributed by atoms with E-state index in [9.17, 15) is 0 Å². The van der Waals surface area contributed by atoms with Crippen molar-refractivity contribution < 1.29 is 0 Å². The first-order valence-electron chi connectivity index (χ1n) is 4.53. The summed E-state index contributed by atoms with van der Waals surface area (Å²) in [5, 5.41) is 5.39. The lowest BCUT2D eigenvalue weighted by atomic mass is 10.3. The topological polar surface area (TPSA) is 37.8 Å². The minimum Gasteiger partial charge on any atom is -0.363 e. The van der Waals surface area contributed by atoms with E-state index in [0.717, 1.165) is 10.4 Å². The first-order chi connectivity index (χ1) is 7.25. The highest BCUT2D eigenvalue weighted by Gasteiger charge is 2.06. The van der Waals surface area contributed by atoms with Crippen molar-refractivity contribution in [3.63, 3.8) is 0 Å². The number of rotatable bonds is 3. The van der Waals surface area contributed by atoms with E-state index in [4.69, 9.17) is 0 Å². The van der Waals surface area contributed by atoms with Gasteiger partial charge in [0.15, 0.2) is 0 Å². The van der Waals surface area contributed by atoms with Gasteiger partial charge >= 0.3 is 0 Å². The molecule has 2 rings (SSSR count). The van der Waals surface area contributed by atoms with Gasteiger partial charge in [-0.05, 0) is 34.3 Å². The highest BCUT2D eigenvalue weighted by Crippen LogP contribution is 2.22. The molecule has 2 aromatic heterocycles. The van der Waals surface area contributed by atoms with Gasteiger partial charge in [-0.2, -0.15) is 0 Å². The van der Waals surface area contributed by atoms with Gasteiger partial charge < -0.3 is 5.32 Å². The molecule has 2 heterocycles. The van der Waals surface area contributed by atoms with Crippen molar-refractivity contribution in [2.24, 2.45) is 0 Å². The van der Waals surface area contributed by atoms with Gasteiger partial charge in [0, 0.05) is 10.9 Å². The lowest BCUT2D eigenvalue weighted by Gasteiger charge is -2.12. The summed E-state index contributed by atoms with van der Waals surface area (Å²) < 4.78 is 0.790. The van der Waals surface area contributed by atoms with Crippen LogP contribution in [0.5, 0.6) is 0 Å². The van der Waals surface area contributed by atoms with Gasteiger partial charge in [0.2, 0.25) is 0 Å². The molecule has 0 saturated carbocycles. The van der Waals surface area contributed by atoms with Gasteiger partial charge in [-0.15, -0.1) is 11.3 Å². The molecule has 0 aliphatic heterocycles. The van der Waals surface area contributed by atoms with Crippen LogP contribution in [-0.2, 0) is 0 Å². The van der Waals surface area contributed by atoms with Crippen LogP contribution >= 0.6 is 27.3 Å². The second kappa shape index (κ2) is 4.72. The van der Waals surface area contributed by atoms with Crippen LogP contribution < -0.4 is 5.32 Å². The van der Waals surface area contributed by atoms with E-state index in [0.29, 0.717) is 0 Å². The third-order valence-corrected chi connectivity index (χ3v) is 3.46. The Morgan fingerprint density at radius 2 is 2.33 bits per heavy atom. The second-order valence-electron chi connectivity index (χ2n) is 3.11. The van der Waals surface area contributed by atoms with Crippen molar-refractivity contribution in [2.75, 3.05) is 5.32 Å². The Morgan fingerprint density at radius 3 is 3.00 bits per heavy atom. The fraction of sp³-hybridized carbons (Fsp3) is 0.200. The van der Waals surface area contributed by atoms with Crippen molar-refractivity contribution in [3.8, 4) is 0 Å². The molecule has 0 aromatic carbocycles. The van der Waals surface area contributed by atoms with Crippen molar-refractivity contribution in [1.82, 2.24) is 9.97 Å². The number of nitrogens with one attached hydrogen (secondary N) is 1. The Labute approximate surface area is 101 Å². The second-order valence-corrected chi connectivity index (χ2v) is 4.90. The largest absolute Gasteiger partial charge is 0.363 e. The molecule has 1 N–H and O–H groups in total. The minimum absolute atomic E-state index is 0.270. The van der Waals surface area contributed by atoms with Crippen LogP contribution in [0.1, 0.15) is 17.8 Å². The number of halogens is 1. The lowest BCUT2D eigenvalue weighted by Crippen LogP contribution is -2.06. The van der Waals surface area contributed by atoms with Crippen molar-refractivity contribution in [3.05, 3.63) is 39.4 Å². The molecule has 15 heavy (non-hydrogen) atoms. The molecule has 78 valence electrons. The molecular formula is C10H10BrN3S. The average molecular weight is 284 g/mol. The zero-order chi connectivity index (χ0) is 10.7. The zero-order valence-electron chi connectivity index (χ0n) is 8.14. The van der Waals surface area contributed by atoms with E-state index in [1.165, 1.54) is 11.2 Å². The number of anilines is 1. The molecule has 3 nitrogen and oxygen atoms in total. The summed E-state index contributed by atoms with van der Waals surface area (Å²) in [5.41, 5.74) is 0. The van der Waals surface area contributed by atoms with Gasteiger partial charge in [0.05, 0.1) is 6.04 Å². The Hall–Kier alpha value is -0.940. The fourth-order valence-corrected chi connectivity index (χ4v) is 2.29. The summed E-state index contributed by atoms with van der Waals surface area (Å²) in [4.78, 5) is 9.42. The van der Waals surface area contributed by atoms with Gasteiger partial charge in [-0.3, -0.25) is 0 Å². The van der Waals surface area contributed by atoms with Crippen LogP contribution in [0, 0.1) is 0 Å². The molecule has 0 fully saturated rings. The van der Waals surface area contributed by atoms with Crippen LogP contribution in [-0.4, -0.2) is 9.97 Å². The molecule has 5 heteroatoms. The predicted molar refractivity (Wildman–Crippen MR) is 66.1 cm³/mol. The Kier molecular flexibility index (Phi) is 3.33. The third-order valence-electron chi connectivity index (χ3n) is 1.97. The summed E-state index contributed by atoms with van der Waals surface area (Å²) in [6.07, 6.45) is 1.54. The molecule has 0 amide bonds. The number of aromatic nitrogens is 2. The first-order valence-corrected chi connectivity index (χ1v) is 6.20. The number of thiophene rings is 1. The smallest absolute Gasteiger partial charge is 0.130 e. The summed E-state index contributed by atoms with van der Waals surface area (Å²) in [7, 11) is 0. The summed E-state index contributed by atoms with van der Waals surface area (Å²) in [6, 6.07) is 6.29. The molecule has 0 saturated heterocycles. The molecule has 2 aromatic rings. The molecule has 0 radical (unpaired) electrons. The maximum Gasteiger partial charge on any atom is 0.130 e. The van der Waals surface area contributed by atoms with E-state index in [1.807, 2.05) is 12.1 Å². The van der Waals surface area contributed by atoms with Crippen molar-refractivity contribution in [2.45, 2.75) is 13.0 Å². The molecular weight excluding hydrogens is 274 g/mol. The minimum atomic E-state index is 0.270. The van der Waals surface area contributed by atoms with Crippen LogP contribution in [0.2, 0.25) is 0 Å². The lowest BCUT2D eigenvalue weighted by molar-refractivity contribution is 0.892. The maximum absolute atomic E-state index is 4.14. The highest BCUT2D eigenvalue weighted by molar-refractivity contribution is 9.10. The Bertz CT molecular complexity index is 430. The number of nitrogens with zero attached hydrogens (tertiary/aromatic N) is 2. The third kappa shape index (κ3) is 2.76. The molecule has 0 bridgehead atoms.